The fraction of sp³-hybridized carbons (Fsp3) is 0.346. The number of nitrogens with one attached hydrogen (secondary N) is 8. The number of aliphatic hydroxyl groups is 1. The van der Waals surface area contributed by atoms with Gasteiger partial charge in [-0.25, -0.2) is 22.4 Å². The monoisotopic (exact) mass is 1970 g/mol. The van der Waals surface area contributed by atoms with Gasteiger partial charge in [0.2, 0.25) is 29.5 Å². The number of aromatic amines is 1. The molecule has 5 fully saturated rings. The van der Waals surface area contributed by atoms with Crippen LogP contribution in [0.2, 0.25) is 0 Å². The van der Waals surface area contributed by atoms with E-state index in [0.29, 0.717) is 86.4 Å². The maximum absolute atomic E-state index is 15.3. The summed E-state index contributed by atoms with van der Waals surface area (Å²) >= 11 is 1.94. The first-order chi connectivity index (χ1) is 65.7. The van der Waals surface area contributed by atoms with Crippen LogP contribution in [0, 0.1) is 32.8 Å². The van der Waals surface area contributed by atoms with Crippen LogP contribution < -0.4 is 64.1 Å². The second-order valence-corrected chi connectivity index (χ2v) is 36.9. The molecule has 15 N–H and O–H groups in total. The molecule has 17 rings (SSSR count). The molecule has 5 aliphatic heterocycles. The number of likely N-dealkylation sites (N-methyl/N-ethyl adjacent to an activating group) is 1. The highest BCUT2D eigenvalue weighted by Gasteiger charge is 2.52. The normalized spacial score (nSPS) is 22.2. The summed E-state index contributed by atoms with van der Waals surface area (Å²) in [6, 6.07) is 53.0. The molecule has 0 spiro atoms. The van der Waals surface area contributed by atoms with E-state index in [9.17, 15) is 51.4 Å². The van der Waals surface area contributed by atoms with Crippen molar-refractivity contribution in [2.75, 3.05) is 76.2 Å². The number of para-hydroxylation sites is 1. The van der Waals surface area contributed by atoms with Crippen LogP contribution >= 0.6 is 22.6 Å². The van der Waals surface area contributed by atoms with E-state index in [1.54, 1.807) is 103 Å². The van der Waals surface area contributed by atoms with Gasteiger partial charge in [0.1, 0.15) is 54.3 Å². The number of hydrogen-bond acceptors (Lipinski definition) is 20. The number of rotatable bonds is 24. The zero-order chi connectivity index (χ0) is 95.7. The van der Waals surface area contributed by atoms with E-state index in [4.69, 9.17) is 26.7 Å². The number of amides is 6. The summed E-state index contributed by atoms with van der Waals surface area (Å²) in [4.78, 5) is 143. The van der Waals surface area contributed by atoms with Crippen molar-refractivity contribution in [3.8, 4) is 5.75 Å². The number of piperidine rings is 1. The molecular weight excluding hydrogens is 1850 g/mol. The lowest BCUT2D eigenvalue weighted by Gasteiger charge is -2.49. The molecule has 1 aromatic heterocycles. The summed E-state index contributed by atoms with van der Waals surface area (Å²) in [6.07, 6.45) is 4.62. The fourth-order valence-corrected chi connectivity index (χ4v) is 19.2. The number of ketones is 3. The van der Waals surface area contributed by atoms with Crippen molar-refractivity contribution in [1.82, 2.24) is 46.7 Å². The Labute approximate surface area is 799 Å². The third-order valence-electron chi connectivity index (χ3n) is 26.2. The van der Waals surface area contributed by atoms with E-state index in [1.807, 2.05) is 89.3 Å². The van der Waals surface area contributed by atoms with Crippen LogP contribution in [-0.2, 0) is 77.0 Å². The molecule has 710 valence electrons. The van der Waals surface area contributed by atoms with Crippen molar-refractivity contribution in [1.29, 1.82) is 0 Å². The number of piperazine rings is 1. The number of carbonyl (C=O) groups is 9. The molecule has 6 heterocycles. The number of alkyl carbamates (subject to hydrolysis) is 1. The highest BCUT2D eigenvalue weighted by Crippen LogP contribution is 2.46. The van der Waals surface area contributed by atoms with Gasteiger partial charge in [0.25, 0.3) is 0 Å². The first-order valence-electron chi connectivity index (χ1n) is 46.2. The molecule has 27 nitrogen and oxygen atoms in total. The van der Waals surface area contributed by atoms with Crippen molar-refractivity contribution in [3.63, 3.8) is 0 Å². The number of aliphatic imine (C=N–C) groups is 1. The highest BCUT2D eigenvalue weighted by atomic mass is 127. The minimum absolute atomic E-state index is 0.0107. The maximum atomic E-state index is 15.3. The van der Waals surface area contributed by atoms with E-state index in [-0.39, 0.29) is 111 Å². The van der Waals surface area contributed by atoms with E-state index in [0.717, 1.165) is 85.8 Å². The summed E-state index contributed by atoms with van der Waals surface area (Å²) in [6.45, 7) is 5.61. The molecule has 8 atom stereocenters. The number of H-pyrrole nitrogens is 1. The highest BCUT2D eigenvalue weighted by molar-refractivity contribution is 14.1. The van der Waals surface area contributed by atoms with Crippen LogP contribution in [0.4, 0.5) is 45.1 Å². The lowest BCUT2D eigenvalue weighted by Crippen LogP contribution is -2.61. The van der Waals surface area contributed by atoms with Crippen molar-refractivity contribution < 1.29 is 75.3 Å². The first-order valence-corrected chi connectivity index (χ1v) is 47.3. The van der Waals surface area contributed by atoms with Crippen LogP contribution in [0.3, 0.4) is 0 Å². The lowest BCUT2D eigenvalue weighted by molar-refractivity contribution is -0.142. The SMILES string of the molecule is CN1CCN(c2ccc3c(c2)CC(C2=C(N)c4c(F)cccc4CC2=O)=N3)CC1.NCCCC[C@@H]1NC(=O)[C@@H](Cc2c[nH]c3ccccc23)NC(=O)[C@H](c2ccccc2)CC(=O)[C@@H]2C[C@@H](OC(=O)NCCN)CN2C(=O)[C@H](Cc2ccccc2)NC(=O)[C@H](Cc2ccc(OCc3ccccc3)cc2)NC1=O.O=C(c1ccc(F)c(F)c1Nc1ccc(I)cc1F)C1CC(O)([C@@H]2CCCCN2)C1. The van der Waals surface area contributed by atoms with Gasteiger partial charge in [-0.15, -0.1) is 0 Å². The van der Waals surface area contributed by atoms with Crippen LogP contribution in [0.25, 0.3) is 16.6 Å². The van der Waals surface area contributed by atoms with Crippen LogP contribution in [-0.4, -0.2) is 192 Å². The number of benzene rings is 9. The topological polar surface area (TPSA) is 392 Å². The largest absolute Gasteiger partial charge is 0.489 e. The van der Waals surface area contributed by atoms with E-state index >= 15 is 14.4 Å². The number of Topliss-reactive ketones (excluding diaryl/α,β-unsaturated/α-hetero) is 3. The Morgan fingerprint density at radius 1 is 0.647 bits per heavy atom. The Morgan fingerprint density at radius 3 is 2.03 bits per heavy atom. The van der Waals surface area contributed by atoms with Crippen molar-refractivity contribution in [2.24, 2.45) is 28.1 Å². The summed E-state index contributed by atoms with van der Waals surface area (Å²) in [5.74, 6) is -8.83. The summed E-state index contributed by atoms with van der Waals surface area (Å²) in [5, 5.41) is 31.9. The zero-order valence-corrected chi connectivity index (χ0v) is 77.6. The van der Waals surface area contributed by atoms with Gasteiger partial charge < -0.3 is 88.7 Å². The van der Waals surface area contributed by atoms with Gasteiger partial charge >= 0.3 is 6.09 Å². The van der Waals surface area contributed by atoms with Gasteiger partial charge in [0.05, 0.1) is 58.1 Å². The van der Waals surface area contributed by atoms with Crippen molar-refractivity contribution in [3.05, 3.63) is 295 Å². The molecule has 0 bridgehead atoms. The predicted molar refractivity (Wildman–Crippen MR) is 520 cm³/mol. The number of unbranched alkanes of at least 4 members (excludes halogenated alkanes) is 1. The molecule has 32 heteroatoms. The third-order valence-corrected chi connectivity index (χ3v) is 26.8. The van der Waals surface area contributed by atoms with Crippen molar-refractivity contribution >= 4 is 121 Å². The average molecular weight is 1970 g/mol. The van der Waals surface area contributed by atoms with Gasteiger partial charge in [-0.3, -0.25) is 43.3 Å². The molecule has 136 heavy (non-hydrogen) atoms. The van der Waals surface area contributed by atoms with E-state index < -0.39 is 125 Å². The molecule has 6 amide bonds. The zero-order valence-electron chi connectivity index (χ0n) is 75.4. The molecule has 1 saturated carbocycles. The Balaban J connectivity index is 0.000000192. The standard InChI is InChI=1S/C59H67N9O9.C23H23FN4O.C22H22F3IN2O2/c60-27-13-12-22-48-55(71)66-49(30-39-23-25-43(26-24-39)76-37-40-16-6-2-7-17-40)56(72)67-51(31-38-14-4-1-5-15-38)58(74)68-36-44(77-59(75)62-29-28-61)33-52(68)53(69)34-46(41-18-8-3-9-19-41)54(70)65-50(57(73)64-48)32-42-35-63-47-21-11-10-20-45(42)47;1-27-7-9-28(10-8-27)16-5-6-18-15(11-16)12-19(26-18)22-20(29)13-14-3-2-4-17(24)21(14)23(22)25;23-15-6-5-14(20(19(15)25)28-17-7-4-13(26)9-16(17)24)21(29)12-10-22(30,11-12)18-3-1-2-8-27-18/h1-11,14-21,23-26,35,44,46,48-52,63H,12-13,22,27-34,36-37,60-61H2,(H,62,75)(H,64,73)(H,65,70)(H,66,71)(H,67,72);2-6,11H,7-10,12-13,25H2,1H3;4-7,9,12,18,27-28,30H,1-3,8,10-11H2/t44-,46+,48+,49+,50-,51+,52+;;12?,18-,22?/m1.0/s1. The van der Waals surface area contributed by atoms with Gasteiger partial charge in [0, 0.05) is 134 Å². The number of nitrogens with zero attached hydrogens (tertiary/aromatic N) is 4. The predicted octanol–water partition coefficient (Wildman–Crippen LogP) is 11.9. The first kappa shape index (κ1) is 97.5. The molecule has 4 saturated heterocycles. The maximum Gasteiger partial charge on any atom is 0.407 e. The number of carbonyl (C=O) groups excluding carboxylic acids is 9. The van der Waals surface area contributed by atoms with Crippen molar-refractivity contribution in [2.45, 2.75) is 157 Å². The van der Waals surface area contributed by atoms with E-state index in [1.165, 1.54) is 34.9 Å². The van der Waals surface area contributed by atoms with Gasteiger partial charge in [-0.1, -0.05) is 140 Å². The molecule has 10 aromatic rings. The Kier molecular flexibility index (Phi) is 32.4. The number of aromatic nitrogens is 1. The smallest absolute Gasteiger partial charge is 0.407 e. The summed E-state index contributed by atoms with van der Waals surface area (Å²) in [7, 11) is 2.14. The molecule has 0 unspecified atom stereocenters. The lowest BCUT2D eigenvalue weighted by atomic mass is 9.63. The molecule has 2 aliphatic carbocycles. The van der Waals surface area contributed by atoms with Crippen LogP contribution in [0.15, 0.2) is 223 Å². The molecule has 0 radical (unpaired) electrons. The van der Waals surface area contributed by atoms with Gasteiger partial charge in [-0.05, 0) is 199 Å². The minimum Gasteiger partial charge on any atom is -0.489 e. The second-order valence-electron chi connectivity index (χ2n) is 35.6. The summed E-state index contributed by atoms with van der Waals surface area (Å²) in [5.41, 5.74) is 26.0. The third kappa shape index (κ3) is 23.9. The van der Waals surface area contributed by atoms with Gasteiger partial charge in [-0.2, -0.15) is 0 Å². The average Bonchev–Trinajstić information content (AvgIpc) is 1.75. The minimum atomic E-state index is -1.32. The van der Waals surface area contributed by atoms with Gasteiger partial charge in [0.15, 0.2) is 29.0 Å². The number of ether oxygens (including phenoxy) is 2. The quantitative estimate of drug-likeness (QED) is 0.0116. The molecular formula is C104H112F4IN15O12. The Bertz CT molecular complexity index is 6080. The molecule has 9 aromatic carbocycles. The number of nitrogens with two attached hydrogens (primary N) is 3. The number of fused-ring (bicyclic) bond motifs is 4. The van der Waals surface area contributed by atoms with E-state index in [2.05, 4.69) is 76.2 Å². The number of halogens is 5. The fourth-order valence-electron chi connectivity index (χ4n) is 18.8. The number of hydrogen-bond donors (Lipinski definition) is 12. The number of allylic oxidation sites excluding steroid dienone is 1. The molecule has 7 aliphatic rings. The van der Waals surface area contributed by atoms with Crippen LogP contribution in [0.1, 0.15) is 125 Å². The summed E-state index contributed by atoms with van der Waals surface area (Å²) < 4.78 is 69.5. The second kappa shape index (κ2) is 45.1. The van der Waals surface area contributed by atoms with Crippen LogP contribution in [0.5, 0.6) is 5.75 Å². The Hall–Kier alpha value is -13.0. The Morgan fingerprint density at radius 2 is 1.32 bits per heavy atom. The number of anilines is 3.